The Morgan fingerprint density at radius 1 is 1.00 bits per heavy atom. The second-order valence-electron chi connectivity index (χ2n) is 11.9. The third-order valence-corrected chi connectivity index (χ3v) is 9.25. The van der Waals surface area contributed by atoms with Crippen LogP contribution < -0.4 is 0 Å². The Bertz CT molecular complexity index is 690. The summed E-state index contributed by atoms with van der Waals surface area (Å²) >= 11 is 7.02. The maximum atomic E-state index is 11.4. The van der Waals surface area contributed by atoms with Crippen molar-refractivity contribution in [2.24, 2.45) is 17.8 Å². The molecular weight excluding hydrogens is 516 g/mol. The van der Waals surface area contributed by atoms with Gasteiger partial charge in [0.05, 0.1) is 19.3 Å². The number of rotatable bonds is 17. The van der Waals surface area contributed by atoms with E-state index in [1.165, 1.54) is 26.4 Å². The van der Waals surface area contributed by atoms with E-state index in [2.05, 4.69) is 26.0 Å². The Balaban J connectivity index is 1.66. The summed E-state index contributed by atoms with van der Waals surface area (Å²) in [4.78, 5) is 11.4. The lowest BCUT2D eigenvalue weighted by atomic mass is 9.87. The third-order valence-electron chi connectivity index (χ3n) is 8.75. The van der Waals surface area contributed by atoms with Crippen LogP contribution in [-0.2, 0) is 28.5 Å². The highest BCUT2D eigenvalue weighted by Crippen LogP contribution is 2.43. The molecular formula is C32H55ClO6. The van der Waals surface area contributed by atoms with Gasteiger partial charge in [-0.25, -0.2) is 0 Å². The lowest BCUT2D eigenvalue weighted by Gasteiger charge is -2.31. The first-order valence-electron chi connectivity index (χ1n) is 15.9. The minimum atomic E-state index is -0.120. The molecule has 0 N–H and O–H groups in total. The van der Waals surface area contributed by atoms with Crippen LogP contribution in [0.4, 0.5) is 0 Å². The summed E-state index contributed by atoms with van der Waals surface area (Å²) in [6.07, 6.45) is 21.1. The molecule has 2 aliphatic heterocycles. The topological polar surface area (TPSA) is 63.2 Å². The Morgan fingerprint density at radius 3 is 2.38 bits per heavy atom. The van der Waals surface area contributed by atoms with Crippen LogP contribution in [0.1, 0.15) is 117 Å². The number of hydrogen-bond donors (Lipinski definition) is 0. The highest BCUT2D eigenvalue weighted by molar-refractivity contribution is 6.21. The van der Waals surface area contributed by atoms with Crippen LogP contribution in [0.3, 0.4) is 0 Å². The smallest absolute Gasteiger partial charge is 0.305 e. The molecule has 6 nitrogen and oxygen atoms in total. The van der Waals surface area contributed by atoms with E-state index < -0.39 is 0 Å². The molecule has 226 valence electrons. The Kier molecular flexibility index (Phi) is 15.8. The van der Waals surface area contributed by atoms with Gasteiger partial charge in [0.2, 0.25) is 0 Å². The number of unbranched alkanes of at least 4 members (excludes halogenated alkanes) is 4. The second-order valence-corrected chi connectivity index (χ2v) is 12.5. The van der Waals surface area contributed by atoms with E-state index in [1.54, 1.807) is 0 Å². The average Bonchev–Trinajstić information content (AvgIpc) is 3.25. The number of carbonyl (C=O) groups excluding carboxylic acids is 1. The Hall–Kier alpha value is -0.660. The largest absolute Gasteiger partial charge is 0.469 e. The minimum Gasteiger partial charge on any atom is -0.469 e. The summed E-state index contributed by atoms with van der Waals surface area (Å²) < 4.78 is 29.8. The molecule has 39 heavy (non-hydrogen) atoms. The average molecular weight is 571 g/mol. The van der Waals surface area contributed by atoms with E-state index in [-0.39, 0.29) is 42.1 Å². The molecule has 7 heteroatoms. The van der Waals surface area contributed by atoms with E-state index in [1.807, 2.05) is 0 Å². The molecule has 0 aromatic rings. The molecule has 3 rings (SSSR count). The van der Waals surface area contributed by atoms with E-state index in [0.717, 1.165) is 90.3 Å². The van der Waals surface area contributed by atoms with Crippen molar-refractivity contribution in [3.8, 4) is 0 Å². The van der Waals surface area contributed by atoms with Crippen LogP contribution in [0.25, 0.3) is 0 Å². The molecule has 1 saturated carbocycles. The minimum absolute atomic E-state index is 0.0274. The molecule has 8 atom stereocenters. The van der Waals surface area contributed by atoms with Crippen molar-refractivity contribution in [3.05, 3.63) is 12.2 Å². The molecule has 0 bridgehead atoms. The fourth-order valence-corrected chi connectivity index (χ4v) is 6.74. The second kappa shape index (κ2) is 18.7. The first-order valence-corrected chi connectivity index (χ1v) is 16.4. The molecule has 2 heterocycles. The SMILES string of the molecule is CCCCC(C)[C@@H](/C=C/[C@@H]1[C@@H](CCCCCCC(=O)OC)[C@H](Cl)C[C@H]1OC1CCCCO1)OC1CCCCO1. The third kappa shape index (κ3) is 11.6. The van der Waals surface area contributed by atoms with Gasteiger partial charge in [0.25, 0.3) is 0 Å². The van der Waals surface area contributed by atoms with Gasteiger partial charge in [0.15, 0.2) is 12.6 Å². The quantitative estimate of drug-likeness (QED) is 0.0765. The molecule has 0 aromatic heterocycles. The number of esters is 1. The maximum absolute atomic E-state index is 11.4. The lowest BCUT2D eigenvalue weighted by Crippen LogP contribution is -2.32. The van der Waals surface area contributed by atoms with Gasteiger partial charge in [-0.05, 0) is 76.0 Å². The van der Waals surface area contributed by atoms with Crippen LogP contribution in [0.5, 0.6) is 0 Å². The summed E-state index contributed by atoms with van der Waals surface area (Å²) in [6.45, 7) is 6.13. The van der Waals surface area contributed by atoms with Crippen LogP contribution in [0, 0.1) is 17.8 Å². The van der Waals surface area contributed by atoms with Gasteiger partial charge in [-0.3, -0.25) is 4.79 Å². The van der Waals surface area contributed by atoms with Gasteiger partial charge in [-0.1, -0.05) is 58.1 Å². The number of hydrogen-bond acceptors (Lipinski definition) is 6. The predicted octanol–water partition coefficient (Wildman–Crippen LogP) is 7.95. The summed E-state index contributed by atoms with van der Waals surface area (Å²) in [5.74, 6) is 0.902. The van der Waals surface area contributed by atoms with Crippen LogP contribution >= 0.6 is 11.6 Å². The van der Waals surface area contributed by atoms with E-state index in [0.29, 0.717) is 18.3 Å². The summed E-state index contributed by atoms with van der Waals surface area (Å²) in [5, 5.41) is 0.0851. The monoisotopic (exact) mass is 570 g/mol. The number of methoxy groups -OCH3 is 1. The van der Waals surface area contributed by atoms with E-state index in [4.69, 9.17) is 35.3 Å². The van der Waals surface area contributed by atoms with Crippen molar-refractivity contribution < 1.29 is 28.5 Å². The lowest BCUT2D eigenvalue weighted by molar-refractivity contribution is -0.193. The maximum Gasteiger partial charge on any atom is 0.305 e. The van der Waals surface area contributed by atoms with Gasteiger partial charge in [0, 0.05) is 30.9 Å². The van der Waals surface area contributed by atoms with Gasteiger partial charge >= 0.3 is 5.97 Å². The fourth-order valence-electron chi connectivity index (χ4n) is 6.27. The normalized spacial score (nSPS) is 31.4. The van der Waals surface area contributed by atoms with Gasteiger partial charge < -0.3 is 23.7 Å². The molecule has 0 amide bonds. The molecule has 3 unspecified atom stereocenters. The number of halogens is 1. The van der Waals surface area contributed by atoms with Gasteiger partial charge in [0.1, 0.15) is 0 Å². The van der Waals surface area contributed by atoms with Crippen molar-refractivity contribution >= 4 is 17.6 Å². The van der Waals surface area contributed by atoms with Gasteiger partial charge in [-0.2, -0.15) is 0 Å². The molecule has 1 aliphatic carbocycles. The highest BCUT2D eigenvalue weighted by atomic mass is 35.5. The zero-order valence-electron chi connectivity index (χ0n) is 24.8. The zero-order chi connectivity index (χ0) is 27.9. The first-order chi connectivity index (χ1) is 19.0. The summed E-state index contributed by atoms with van der Waals surface area (Å²) in [7, 11) is 1.45. The van der Waals surface area contributed by atoms with E-state index >= 15 is 0 Å². The van der Waals surface area contributed by atoms with Crippen LogP contribution in [-0.4, -0.2) is 56.5 Å². The van der Waals surface area contributed by atoms with Crippen LogP contribution in [0.2, 0.25) is 0 Å². The van der Waals surface area contributed by atoms with Crippen molar-refractivity contribution in [2.75, 3.05) is 20.3 Å². The van der Waals surface area contributed by atoms with Crippen molar-refractivity contribution in [3.63, 3.8) is 0 Å². The predicted molar refractivity (Wildman–Crippen MR) is 156 cm³/mol. The molecule has 2 saturated heterocycles. The number of carbonyl (C=O) groups is 1. The Morgan fingerprint density at radius 2 is 1.72 bits per heavy atom. The molecule has 0 aromatic carbocycles. The Labute approximate surface area is 242 Å². The number of alkyl halides is 1. The van der Waals surface area contributed by atoms with E-state index in [9.17, 15) is 4.79 Å². The van der Waals surface area contributed by atoms with Crippen LogP contribution in [0.15, 0.2) is 12.2 Å². The molecule has 3 fully saturated rings. The standard InChI is InChI=1S/C32H55ClO6/c1-4-5-14-24(2)28(38-31-17-10-12-21-36-31)20-19-26-25(15-8-6-7-9-16-30(34)35-3)27(33)23-29(26)39-32-18-11-13-22-37-32/h19-20,24-29,31-32H,4-18,21-23H2,1-3H3/b20-19+/t24?,25-,26-,27-,28-,29-,31?,32?/m1/s1. The summed E-state index contributed by atoms with van der Waals surface area (Å²) in [6, 6.07) is 0. The van der Waals surface area contributed by atoms with Crippen molar-refractivity contribution in [1.29, 1.82) is 0 Å². The fraction of sp³-hybridized carbons (Fsp3) is 0.906. The zero-order valence-corrected chi connectivity index (χ0v) is 25.6. The van der Waals surface area contributed by atoms with Gasteiger partial charge in [-0.15, -0.1) is 11.6 Å². The molecule has 3 aliphatic rings. The first kappa shape index (κ1) is 32.8. The number of ether oxygens (including phenoxy) is 5. The summed E-state index contributed by atoms with van der Waals surface area (Å²) in [5.41, 5.74) is 0. The van der Waals surface area contributed by atoms with Crippen molar-refractivity contribution in [1.82, 2.24) is 0 Å². The van der Waals surface area contributed by atoms with Crippen molar-refractivity contribution in [2.45, 2.75) is 147 Å². The highest BCUT2D eigenvalue weighted by Gasteiger charge is 2.42. The molecule has 0 radical (unpaired) electrons. The molecule has 0 spiro atoms.